The number of rotatable bonds is 5. The van der Waals surface area contributed by atoms with E-state index in [9.17, 15) is 27.9 Å². The molecule has 5 nitrogen and oxygen atoms in total. The van der Waals surface area contributed by atoms with Crippen LogP contribution in [0.15, 0.2) is 35.1 Å². The van der Waals surface area contributed by atoms with Crippen molar-refractivity contribution in [3.8, 4) is 0 Å². The molecule has 0 fully saturated rings. The van der Waals surface area contributed by atoms with Gasteiger partial charge in [0.15, 0.2) is 5.78 Å². The van der Waals surface area contributed by atoms with Crippen molar-refractivity contribution in [2.75, 3.05) is 0 Å². The number of H-pyrrole nitrogens is 1. The number of aliphatic hydroxyl groups is 1. The molecule has 0 saturated heterocycles. The van der Waals surface area contributed by atoms with Crippen LogP contribution in [-0.2, 0) is 6.18 Å². The Balaban J connectivity index is 2.34. The van der Waals surface area contributed by atoms with Crippen LogP contribution in [0.3, 0.4) is 0 Å². The summed E-state index contributed by atoms with van der Waals surface area (Å²) in [5.74, 6) is -0.972. The molecule has 2 N–H and O–H groups in total. The van der Waals surface area contributed by atoms with Crippen molar-refractivity contribution < 1.29 is 23.1 Å². The maximum atomic E-state index is 12.7. The quantitative estimate of drug-likeness (QED) is 0.794. The number of carbonyl (C=O) groups excluding carboxylic acids is 1. The molecule has 1 aromatic carbocycles. The number of hydrogen-bond acceptors (Lipinski definition) is 4. The molecule has 0 spiro atoms. The number of nitrogens with zero attached hydrogens (tertiary/aromatic N) is 1. The molecule has 0 amide bonds. The Labute approximate surface area is 147 Å². The number of hydrogen-bond donors (Lipinski definition) is 2. The SMILES string of the molecule is Cc1nc(C(=O)C[C@@H](c2ccc(C(F)(F)F)cc2)C(C)(C)O)cc(=O)[nH]1. The second-order valence-electron chi connectivity index (χ2n) is 6.67. The number of aromatic nitrogens is 2. The second-order valence-corrected chi connectivity index (χ2v) is 6.67. The highest BCUT2D eigenvalue weighted by Gasteiger charge is 2.33. The number of aryl methyl sites for hydroxylation is 1. The van der Waals surface area contributed by atoms with Gasteiger partial charge < -0.3 is 10.1 Å². The minimum absolute atomic E-state index is 0.0487. The van der Waals surface area contributed by atoms with Crippen LogP contribution >= 0.6 is 0 Å². The fraction of sp³-hybridized carbons (Fsp3) is 0.389. The Morgan fingerprint density at radius 2 is 1.81 bits per heavy atom. The predicted octanol–water partition coefficient (Wildman–Crippen LogP) is 3.22. The van der Waals surface area contributed by atoms with Gasteiger partial charge in [-0.2, -0.15) is 13.2 Å². The molecule has 140 valence electrons. The van der Waals surface area contributed by atoms with Crippen molar-refractivity contribution in [2.24, 2.45) is 0 Å². The average Bonchev–Trinajstić information content (AvgIpc) is 2.49. The van der Waals surface area contributed by atoms with Crippen molar-refractivity contribution in [1.29, 1.82) is 0 Å². The molecule has 0 unspecified atom stereocenters. The molecule has 0 aliphatic rings. The summed E-state index contributed by atoms with van der Waals surface area (Å²) in [6.45, 7) is 4.47. The van der Waals surface area contributed by atoms with E-state index in [0.29, 0.717) is 5.56 Å². The molecular weight excluding hydrogens is 349 g/mol. The molecule has 0 aliphatic carbocycles. The Morgan fingerprint density at radius 1 is 1.23 bits per heavy atom. The van der Waals surface area contributed by atoms with Crippen LogP contribution in [0.5, 0.6) is 0 Å². The van der Waals surface area contributed by atoms with Gasteiger partial charge in [-0.1, -0.05) is 12.1 Å². The number of alkyl halides is 3. The average molecular weight is 368 g/mol. The lowest BCUT2D eigenvalue weighted by atomic mass is 9.80. The number of aromatic amines is 1. The first-order chi connectivity index (χ1) is 11.9. The van der Waals surface area contributed by atoms with Gasteiger partial charge in [-0.05, 0) is 38.5 Å². The summed E-state index contributed by atoms with van der Waals surface area (Å²) in [5, 5.41) is 10.4. The summed E-state index contributed by atoms with van der Waals surface area (Å²) in [6, 6.07) is 5.37. The zero-order valence-corrected chi connectivity index (χ0v) is 14.5. The van der Waals surface area contributed by atoms with E-state index in [4.69, 9.17) is 0 Å². The maximum absolute atomic E-state index is 12.7. The monoisotopic (exact) mass is 368 g/mol. The summed E-state index contributed by atoms with van der Waals surface area (Å²) >= 11 is 0. The number of halogens is 3. The number of ketones is 1. The molecule has 0 saturated carbocycles. The fourth-order valence-electron chi connectivity index (χ4n) is 2.69. The van der Waals surface area contributed by atoms with E-state index in [-0.39, 0.29) is 17.9 Å². The van der Waals surface area contributed by atoms with E-state index >= 15 is 0 Å². The smallest absolute Gasteiger partial charge is 0.390 e. The molecule has 2 aromatic rings. The molecule has 1 aromatic heterocycles. The Bertz CT molecular complexity index is 850. The normalized spacial score (nSPS) is 13.5. The molecule has 8 heteroatoms. The van der Waals surface area contributed by atoms with Crippen molar-refractivity contribution in [3.63, 3.8) is 0 Å². The van der Waals surface area contributed by atoms with Crippen LogP contribution in [0.4, 0.5) is 13.2 Å². The summed E-state index contributed by atoms with van der Waals surface area (Å²) in [7, 11) is 0. The molecule has 2 rings (SSSR count). The summed E-state index contributed by atoms with van der Waals surface area (Å²) in [6.07, 6.45) is -4.67. The van der Waals surface area contributed by atoms with E-state index in [1.165, 1.54) is 32.9 Å². The van der Waals surface area contributed by atoms with E-state index in [2.05, 4.69) is 9.97 Å². The van der Waals surface area contributed by atoms with E-state index in [1.54, 1.807) is 0 Å². The number of benzene rings is 1. The first-order valence-corrected chi connectivity index (χ1v) is 7.88. The van der Waals surface area contributed by atoms with Gasteiger partial charge in [0, 0.05) is 18.4 Å². The highest BCUT2D eigenvalue weighted by atomic mass is 19.4. The van der Waals surface area contributed by atoms with Gasteiger partial charge in [0.25, 0.3) is 5.56 Å². The van der Waals surface area contributed by atoms with Crippen LogP contribution in [-0.4, -0.2) is 26.5 Å². The van der Waals surface area contributed by atoms with Crippen LogP contribution in [0.2, 0.25) is 0 Å². The van der Waals surface area contributed by atoms with Gasteiger partial charge in [-0.15, -0.1) is 0 Å². The Morgan fingerprint density at radius 3 is 2.27 bits per heavy atom. The van der Waals surface area contributed by atoms with Crippen LogP contribution in [0.25, 0.3) is 0 Å². The largest absolute Gasteiger partial charge is 0.416 e. The van der Waals surface area contributed by atoms with Gasteiger partial charge in [-0.25, -0.2) is 4.98 Å². The van der Waals surface area contributed by atoms with E-state index < -0.39 is 34.6 Å². The number of carbonyl (C=O) groups is 1. The van der Waals surface area contributed by atoms with Crippen molar-refractivity contribution >= 4 is 5.78 Å². The zero-order chi connectivity index (χ0) is 19.7. The molecule has 1 atom stereocenters. The Hall–Kier alpha value is -2.48. The Kier molecular flexibility index (Phi) is 5.36. The molecule has 26 heavy (non-hydrogen) atoms. The van der Waals surface area contributed by atoms with Gasteiger partial charge in [0.2, 0.25) is 0 Å². The lowest BCUT2D eigenvalue weighted by Crippen LogP contribution is -2.31. The number of nitrogens with one attached hydrogen (secondary N) is 1. The summed E-state index contributed by atoms with van der Waals surface area (Å²) in [4.78, 5) is 30.4. The fourth-order valence-corrected chi connectivity index (χ4v) is 2.69. The summed E-state index contributed by atoms with van der Waals surface area (Å²) < 4.78 is 38.2. The highest BCUT2D eigenvalue weighted by Crippen LogP contribution is 2.35. The minimum Gasteiger partial charge on any atom is -0.390 e. The number of Topliss-reactive ketones (excluding diaryl/α,β-unsaturated/α-hetero) is 1. The van der Waals surface area contributed by atoms with Crippen molar-refractivity contribution in [3.05, 3.63) is 63.3 Å². The van der Waals surface area contributed by atoms with Crippen molar-refractivity contribution in [1.82, 2.24) is 9.97 Å². The third kappa shape index (κ3) is 4.78. The molecule has 0 radical (unpaired) electrons. The van der Waals surface area contributed by atoms with Crippen LogP contribution < -0.4 is 5.56 Å². The lowest BCUT2D eigenvalue weighted by Gasteiger charge is -2.29. The van der Waals surface area contributed by atoms with E-state index in [0.717, 1.165) is 18.2 Å². The predicted molar refractivity (Wildman–Crippen MR) is 89.0 cm³/mol. The van der Waals surface area contributed by atoms with Crippen LogP contribution in [0, 0.1) is 6.92 Å². The van der Waals surface area contributed by atoms with Gasteiger partial charge in [0.1, 0.15) is 11.5 Å². The third-order valence-corrected chi connectivity index (χ3v) is 4.03. The highest BCUT2D eigenvalue weighted by molar-refractivity contribution is 5.94. The summed E-state index contributed by atoms with van der Waals surface area (Å²) in [5.41, 5.74) is -2.32. The molecular formula is C18H19F3N2O3. The van der Waals surface area contributed by atoms with Gasteiger partial charge >= 0.3 is 6.18 Å². The zero-order valence-electron chi connectivity index (χ0n) is 14.5. The van der Waals surface area contributed by atoms with Gasteiger partial charge in [-0.3, -0.25) is 9.59 Å². The molecule has 0 bridgehead atoms. The second kappa shape index (κ2) is 7.03. The minimum atomic E-state index is -4.47. The van der Waals surface area contributed by atoms with Gasteiger partial charge in [0.05, 0.1) is 11.2 Å². The topological polar surface area (TPSA) is 83.0 Å². The third-order valence-electron chi connectivity index (χ3n) is 4.03. The molecule has 1 heterocycles. The maximum Gasteiger partial charge on any atom is 0.416 e. The first kappa shape index (κ1) is 19.8. The lowest BCUT2D eigenvalue weighted by molar-refractivity contribution is -0.137. The standard InChI is InChI=1S/C18H19F3N2O3/c1-10-22-14(9-16(25)23-10)15(24)8-13(17(2,3)26)11-4-6-12(7-5-11)18(19,20)21/h4-7,9,13,26H,8H2,1-3H3,(H,22,23,25)/t13-/m0/s1. The van der Waals surface area contributed by atoms with Crippen molar-refractivity contribution in [2.45, 2.75) is 44.9 Å². The van der Waals surface area contributed by atoms with Crippen LogP contribution in [0.1, 0.15) is 53.6 Å². The first-order valence-electron chi connectivity index (χ1n) is 7.88. The molecule has 0 aliphatic heterocycles. The van der Waals surface area contributed by atoms with E-state index in [1.807, 2.05) is 0 Å².